The van der Waals surface area contributed by atoms with Crippen LogP contribution in [0.2, 0.25) is 0 Å². The van der Waals surface area contributed by atoms with Crippen LogP contribution in [0, 0.1) is 11.3 Å². The Morgan fingerprint density at radius 1 is 1.33 bits per heavy atom. The molecule has 0 saturated heterocycles. The summed E-state index contributed by atoms with van der Waals surface area (Å²) in [5, 5.41) is 0. The average Bonchev–Trinajstić information content (AvgIpc) is 2.58. The first kappa shape index (κ1) is 15.0. The second kappa shape index (κ2) is 6.21. The molecule has 1 aliphatic rings. The van der Waals surface area contributed by atoms with Crippen LogP contribution in [0.1, 0.15) is 53.4 Å². The molecular weight excluding hydrogens is 232 g/mol. The fourth-order valence-electron chi connectivity index (χ4n) is 2.57. The largest absolute Gasteiger partial charge is 0.466 e. The van der Waals surface area contributed by atoms with E-state index in [-0.39, 0.29) is 12.5 Å². The Morgan fingerprint density at radius 2 is 2.00 bits per heavy atom. The molecule has 0 bridgehead atoms. The van der Waals surface area contributed by atoms with Crippen molar-refractivity contribution in [2.45, 2.75) is 59.5 Å². The molecule has 0 spiro atoms. The predicted molar refractivity (Wildman–Crippen MR) is 67.9 cm³/mol. The van der Waals surface area contributed by atoms with E-state index in [4.69, 9.17) is 9.47 Å². The van der Waals surface area contributed by atoms with Crippen molar-refractivity contribution in [1.82, 2.24) is 0 Å². The Bertz CT molecular complexity index is 309. The van der Waals surface area contributed by atoms with Crippen LogP contribution in [0.5, 0.6) is 0 Å². The van der Waals surface area contributed by atoms with Crippen LogP contribution < -0.4 is 0 Å². The maximum atomic E-state index is 11.5. The molecule has 0 aromatic carbocycles. The second-order valence-corrected chi connectivity index (χ2v) is 5.84. The highest BCUT2D eigenvalue weighted by Crippen LogP contribution is 2.42. The number of rotatable bonds is 5. The lowest BCUT2D eigenvalue weighted by molar-refractivity contribution is -0.158. The molecule has 0 radical (unpaired) electrons. The molecule has 18 heavy (non-hydrogen) atoms. The van der Waals surface area contributed by atoms with Crippen LogP contribution in [0.4, 0.5) is 0 Å². The summed E-state index contributed by atoms with van der Waals surface area (Å²) in [6.07, 6.45) is 2.92. The quantitative estimate of drug-likeness (QED) is 0.560. The lowest BCUT2D eigenvalue weighted by atomic mass is 9.89. The van der Waals surface area contributed by atoms with Gasteiger partial charge >= 0.3 is 11.9 Å². The third-order valence-electron chi connectivity index (χ3n) is 3.58. The Kier molecular flexibility index (Phi) is 5.17. The fourth-order valence-corrected chi connectivity index (χ4v) is 2.57. The van der Waals surface area contributed by atoms with Crippen LogP contribution in [-0.2, 0) is 19.1 Å². The van der Waals surface area contributed by atoms with Crippen molar-refractivity contribution in [3.63, 3.8) is 0 Å². The highest BCUT2D eigenvalue weighted by atomic mass is 16.6. The molecule has 0 aromatic rings. The SMILES string of the molecule is CCOC(=O)CC(=O)OC(C)C1CCC(C)(C)C1. The molecule has 0 amide bonds. The van der Waals surface area contributed by atoms with Crippen molar-refractivity contribution in [3.8, 4) is 0 Å². The molecular formula is C14H24O4. The van der Waals surface area contributed by atoms with Gasteiger partial charge < -0.3 is 9.47 Å². The number of carbonyl (C=O) groups is 2. The molecule has 1 saturated carbocycles. The first-order chi connectivity index (χ1) is 8.34. The number of ether oxygens (including phenoxy) is 2. The summed E-state index contributed by atoms with van der Waals surface area (Å²) in [5.74, 6) is -0.585. The van der Waals surface area contributed by atoms with Gasteiger partial charge in [0.15, 0.2) is 0 Å². The molecule has 2 unspecified atom stereocenters. The minimum Gasteiger partial charge on any atom is -0.466 e. The van der Waals surface area contributed by atoms with E-state index < -0.39 is 11.9 Å². The van der Waals surface area contributed by atoms with E-state index in [0.29, 0.717) is 17.9 Å². The monoisotopic (exact) mass is 256 g/mol. The molecule has 2 atom stereocenters. The zero-order valence-electron chi connectivity index (χ0n) is 11.8. The predicted octanol–water partition coefficient (Wildman–Crippen LogP) is 2.70. The number of hydrogen-bond donors (Lipinski definition) is 0. The smallest absolute Gasteiger partial charge is 0.317 e. The first-order valence-electron chi connectivity index (χ1n) is 6.69. The highest BCUT2D eigenvalue weighted by molar-refractivity contribution is 5.91. The van der Waals surface area contributed by atoms with E-state index in [2.05, 4.69) is 13.8 Å². The molecule has 104 valence electrons. The molecule has 4 heteroatoms. The summed E-state index contributed by atoms with van der Waals surface area (Å²) in [6.45, 7) is 8.39. The van der Waals surface area contributed by atoms with Gasteiger partial charge in [0, 0.05) is 0 Å². The van der Waals surface area contributed by atoms with Crippen molar-refractivity contribution in [2.24, 2.45) is 11.3 Å². The first-order valence-corrected chi connectivity index (χ1v) is 6.69. The van der Waals surface area contributed by atoms with Gasteiger partial charge in [-0.05, 0) is 44.4 Å². The van der Waals surface area contributed by atoms with Crippen molar-refractivity contribution < 1.29 is 19.1 Å². The van der Waals surface area contributed by atoms with Crippen molar-refractivity contribution >= 4 is 11.9 Å². The molecule has 0 heterocycles. The summed E-state index contributed by atoms with van der Waals surface area (Å²) < 4.78 is 10.0. The third-order valence-corrected chi connectivity index (χ3v) is 3.58. The van der Waals surface area contributed by atoms with Gasteiger partial charge in [-0.25, -0.2) is 0 Å². The zero-order chi connectivity index (χ0) is 13.8. The van der Waals surface area contributed by atoms with Gasteiger partial charge in [-0.3, -0.25) is 9.59 Å². The van der Waals surface area contributed by atoms with E-state index in [1.54, 1.807) is 6.92 Å². The lowest BCUT2D eigenvalue weighted by Crippen LogP contribution is -2.25. The minimum atomic E-state index is -0.513. The van der Waals surface area contributed by atoms with E-state index in [1.807, 2.05) is 6.92 Å². The van der Waals surface area contributed by atoms with Crippen molar-refractivity contribution in [2.75, 3.05) is 6.61 Å². The summed E-state index contributed by atoms with van der Waals surface area (Å²) >= 11 is 0. The van der Waals surface area contributed by atoms with Crippen LogP contribution in [0.25, 0.3) is 0 Å². The molecule has 1 fully saturated rings. The number of esters is 2. The Morgan fingerprint density at radius 3 is 2.50 bits per heavy atom. The lowest BCUT2D eigenvalue weighted by Gasteiger charge is -2.22. The van der Waals surface area contributed by atoms with Crippen LogP contribution >= 0.6 is 0 Å². The maximum Gasteiger partial charge on any atom is 0.317 e. The molecule has 0 aliphatic heterocycles. The molecule has 1 rings (SSSR count). The van der Waals surface area contributed by atoms with Gasteiger partial charge in [0.1, 0.15) is 12.5 Å². The standard InChI is InChI=1S/C14H24O4/c1-5-17-12(15)8-13(16)18-10(2)11-6-7-14(3,4)9-11/h10-11H,5-9H2,1-4H3. The Labute approximate surface area is 109 Å². The van der Waals surface area contributed by atoms with E-state index >= 15 is 0 Å². The highest BCUT2D eigenvalue weighted by Gasteiger charge is 2.35. The summed E-state index contributed by atoms with van der Waals surface area (Å²) in [6, 6.07) is 0. The summed E-state index contributed by atoms with van der Waals surface area (Å²) in [5.41, 5.74) is 0.340. The second-order valence-electron chi connectivity index (χ2n) is 5.84. The zero-order valence-corrected chi connectivity index (χ0v) is 11.8. The van der Waals surface area contributed by atoms with E-state index in [1.165, 1.54) is 0 Å². The summed E-state index contributed by atoms with van der Waals surface area (Å²) in [7, 11) is 0. The van der Waals surface area contributed by atoms with Crippen LogP contribution in [0.15, 0.2) is 0 Å². The van der Waals surface area contributed by atoms with Gasteiger partial charge in [0.2, 0.25) is 0 Å². The van der Waals surface area contributed by atoms with E-state index in [0.717, 1.165) is 19.3 Å². The third kappa shape index (κ3) is 4.67. The van der Waals surface area contributed by atoms with Crippen molar-refractivity contribution in [1.29, 1.82) is 0 Å². The molecule has 0 N–H and O–H groups in total. The normalized spacial score (nSPS) is 23.4. The minimum absolute atomic E-state index is 0.117. The van der Waals surface area contributed by atoms with Gasteiger partial charge in [0.05, 0.1) is 6.61 Å². The maximum absolute atomic E-state index is 11.5. The fraction of sp³-hybridized carbons (Fsp3) is 0.857. The van der Waals surface area contributed by atoms with Gasteiger partial charge in [-0.2, -0.15) is 0 Å². The number of hydrogen-bond acceptors (Lipinski definition) is 4. The topological polar surface area (TPSA) is 52.6 Å². The van der Waals surface area contributed by atoms with E-state index in [9.17, 15) is 9.59 Å². The Hall–Kier alpha value is -1.06. The van der Waals surface area contributed by atoms with Gasteiger partial charge in [-0.15, -0.1) is 0 Å². The van der Waals surface area contributed by atoms with Gasteiger partial charge in [0.25, 0.3) is 0 Å². The molecule has 1 aliphatic carbocycles. The molecule has 0 aromatic heterocycles. The summed E-state index contributed by atoms with van der Waals surface area (Å²) in [4.78, 5) is 22.7. The Balaban J connectivity index is 2.34. The van der Waals surface area contributed by atoms with Crippen molar-refractivity contribution in [3.05, 3.63) is 0 Å². The average molecular weight is 256 g/mol. The van der Waals surface area contributed by atoms with Crippen LogP contribution in [-0.4, -0.2) is 24.6 Å². The number of carbonyl (C=O) groups excluding carboxylic acids is 2. The van der Waals surface area contributed by atoms with Gasteiger partial charge in [-0.1, -0.05) is 13.8 Å². The van der Waals surface area contributed by atoms with Crippen LogP contribution in [0.3, 0.4) is 0 Å². The molecule has 4 nitrogen and oxygen atoms in total.